The number of pyridine rings is 1. The number of aromatic nitrogens is 1. The van der Waals surface area contributed by atoms with Crippen LogP contribution in [0, 0.1) is 0 Å². The molecule has 2 rings (SSSR count). The zero-order chi connectivity index (χ0) is 11.6. The van der Waals surface area contributed by atoms with Crippen LogP contribution in [0.5, 0.6) is 0 Å². The lowest BCUT2D eigenvalue weighted by atomic mass is 9.90. The number of nitrogens with zero attached hydrogens (tertiary/aromatic N) is 1. The van der Waals surface area contributed by atoms with Crippen molar-refractivity contribution in [2.24, 2.45) is 0 Å². The van der Waals surface area contributed by atoms with Gasteiger partial charge in [0.1, 0.15) is 5.82 Å². The minimum Gasteiger partial charge on any atom is -0.390 e. The Hall–Kier alpha value is -1.13. The standard InChI is InChI=1S/C12H18N2O2/c13-11-8-9(3-6-14-11)7-10(15)12(16)4-1-2-5-12/h3,6,8,10,15-16H,1-2,4-5,7H2,(H2,13,14). The van der Waals surface area contributed by atoms with Crippen molar-refractivity contribution in [2.75, 3.05) is 5.73 Å². The van der Waals surface area contributed by atoms with Gasteiger partial charge in [0, 0.05) is 12.6 Å². The lowest BCUT2D eigenvalue weighted by molar-refractivity contribution is -0.0689. The lowest BCUT2D eigenvalue weighted by Gasteiger charge is -2.28. The number of aliphatic hydroxyl groups is 2. The molecule has 0 bridgehead atoms. The van der Waals surface area contributed by atoms with Crippen molar-refractivity contribution in [1.29, 1.82) is 0 Å². The van der Waals surface area contributed by atoms with E-state index in [4.69, 9.17) is 5.73 Å². The molecule has 1 unspecified atom stereocenters. The third kappa shape index (κ3) is 2.33. The molecule has 0 amide bonds. The summed E-state index contributed by atoms with van der Waals surface area (Å²) in [5.74, 6) is 0.447. The van der Waals surface area contributed by atoms with Gasteiger partial charge in [0.05, 0.1) is 11.7 Å². The molecule has 1 aromatic heterocycles. The first-order chi connectivity index (χ1) is 7.60. The highest BCUT2D eigenvalue weighted by molar-refractivity contribution is 5.32. The highest BCUT2D eigenvalue weighted by Crippen LogP contribution is 2.33. The highest BCUT2D eigenvalue weighted by Gasteiger charge is 2.38. The molecule has 1 saturated carbocycles. The summed E-state index contributed by atoms with van der Waals surface area (Å²) in [7, 11) is 0. The van der Waals surface area contributed by atoms with Crippen molar-refractivity contribution >= 4 is 5.82 Å². The van der Waals surface area contributed by atoms with E-state index < -0.39 is 11.7 Å². The SMILES string of the molecule is Nc1cc(CC(O)C2(O)CCCC2)ccn1. The second kappa shape index (κ2) is 4.39. The fourth-order valence-corrected chi connectivity index (χ4v) is 2.36. The van der Waals surface area contributed by atoms with Gasteiger partial charge < -0.3 is 15.9 Å². The van der Waals surface area contributed by atoms with E-state index in [1.807, 2.05) is 6.07 Å². The van der Waals surface area contributed by atoms with Gasteiger partial charge in [0.25, 0.3) is 0 Å². The molecule has 0 aliphatic heterocycles. The Kier molecular flexibility index (Phi) is 3.12. The van der Waals surface area contributed by atoms with Crippen LogP contribution in [0.15, 0.2) is 18.3 Å². The molecule has 16 heavy (non-hydrogen) atoms. The molecule has 88 valence electrons. The number of rotatable bonds is 3. The van der Waals surface area contributed by atoms with Gasteiger partial charge in [0.2, 0.25) is 0 Å². The van der Waals surface area contributed by atoms with E-state index in [1.165, 1.54) is 0 Å². The van der Waals surface area contributed by atoms with E-state index in [0.29, 0.717) is 25.1 Å². The Balaban J connectivity index is 2.04. The Morgan fingerprint density at radius 1 is 1.44 bits per heavy atom. The van der Waals surface area contributed by atoms with Gasteiger partial charge in [0.15, 0.2) is 0 Å². The Morgan fingerprint density at radius 2 is 2.12 bits per heavy atom. The largest absolute Gasteiger partial charge is 0.390 e. The predicted octanol–water partition coefficient (Wildman–Crippen LogP) is 0.872. The summed E-state index contributed by atoms with van der Waals surface area (Å²) in [6.07, 6.45) is 4.71. The Bertz CT molecular complexity index is 362. The van der Waals surface area contributed by atoms with Crippen molar-refractivity contribution in [3.63, 3.8) is 0 Å². The third-order valence-electron chi connectivity index (χ3n) is 3.36. The fourth-order valence-electron chi connectivity index (χ4n) is 2.36. The van der Waals surface area contributed by atoms with E-state index in [1.54, 1.807) is 12.3 Å². The molecule has 4 nitrogen and oxygen atoms in total. The van der Waals surface area contributed by atoms with Crippen LogP contribution in [-0.2, 0) is 6.42 Å². The maximum absolute atomic E-state index is 10.2. The number of nitrogen functional groups attached to an aromatic ring is 1. The van der Waals surface area contributed by atoms with Gasteiger partial charge in [-0.3, -0.25) is 0 Å². The Morgan fingerprint density at radius 3 is 2.75 bits per heavy atom. The molecular weight excluding hydrogens is 204 g/mol. The van der Waals surface area contributed by atoms with Crippen LogP contribution in [0.2, 0.25) is 0 Å². The predicted molar refractivity (Wildman–Crippen MR) is 61.8 cm³/mol. The van der Waals surface area contributed by atoms with Gasteiger partial charge in [-0.05, 0) is 30.5 Å². The average molecular weight is 222 g/mol. The number of aliphatic hydroxyl groups excluding tert-OH is 1. The van der Waals surface area contributed by atoms with Crippen LogP contribution in [0.3, 0.4) is 0 Å². The topological polar surface area (TPSA) is 79.4 Å². The molecule has 4 N–H and O–H groups in total. The monoisotopic (exact) mass is 222 g/mol. The molecule has 1 atom stereocenters. The van der Waals surface area contributed by atoms with Crippen LogP contribution in [0.25, 0.3) is 0 Å². The molecule has 0 aromatic carbocycles. The van der Waals surface area contributed by atoms with Crippen molar-refractivity contribution in [3.05, 3.63) is 23.9 Å². The normalized spacial score (nSPS) is 20.9. The first-order valence-electron chi connectivity index (χ1n) is 5.71. The van der Waals surface area contributed by atoms with E-state index in [9.17, 15) is 10.2 Å². The zero-order valence-electron chi connectivity index (χ0n) is 9.26. The van der Waals surface area contributed by atoms with Gasteiger partial charge in [-0.1, -0.05) is 12.8 Å². The maximum atomic E-state index is 10.2. The molecule has 1 heterocycles. The summed E-state index contributed by atoms with van der Waals surface area (Å²) in [5, 5.41) is 20.2. The van der Waals surface area contributed by atoms with E-state index in [2.05, 4.69) is 4.98 Å². The van der Waals surface area contributed by atoms with Crippen LogP contribution in [0.1, 0.15) is 31.2 Å². The second-order valence-corrected chi connectivity index (χ2v) is 4.62. The minimum absolute atomic E-state index is 0.434. The first-order valence-corrected chi connectivity index (χ1v) is 5.71. The summed E-state index contributed by atoms with van der Waals surface area (Å²) in [6, 6.07) is 3.55. The number of anilines is 1. The summed E-state index contributed by atoms with van der Waals surface area (Å²) < 4.78 is 0. The van der Waals surface area contributed by atoms with E-state index in [-0.39, 0.29) is 0 Å². The van der Waals surface area contributed by atoms with Crippen LogP contribution in [-0.4, -0.2) is 26.9 Å². The van der Waals surface area contributed by atoms with Crippen molar-refractivity contribution < 1.29 is 10.2 Å². The maximum Gasteiger partial charge on any atom is 0.123 e. The van der Waals surface area contributed by atoms with Gasteiger partial charge in [-0.25, -0.2) is 4.98 Å². The van der Waals surface area contributed by atoms with Crippen LogP contribution < -0.4 is 5.73 Å². The van der Waals surface area contributed by atoms with Crippen LogP contribution in [0.4, 0.5) is 5.82 Å². The van der Waals surface area contributed by atoms with E-state index in [0.717, 1.165) is 18.4 Å². The van der Waals surface area contributed by atoms with Gasteiger partial charge in [-0.15, -0.1) is 0 Å². The smallest absolute Gasteiger partial charge is 0.123 e. The van der Waals surface area contributed by atoms with Crippen molar-refractivity contribution in [3.8, 4) is 0 Å². The van der Waals surface area contributed by atoms with Gasteiger partial charge >= 0.3 is 0 Å². The summed E-state index contributed by atoms with van der Waals surface area (Å²) in [4.78, 5) is 3.90. The van der Waals surface area contributed by atoms with Gasteiger partial charge in [-0.2, -0.15) is 0 Å². The number of hydrogen-bond donors (Lipinski definition) is 3. The second-order valence-electron chi connectivity index (χ2n) is 4.62. The molecule has 4 heteroatoms. The summed E-state index contributed by atoms with van der Waals surface area (Å²) >= 11 is 0. The number of hydrogen-bond acceptors (Lipinski definition) is 4. The minimum atomic E-state index is -0.905. The average Bonchev–Trinajstić information content (AvgIpc) is 2.66. The van der Waals surface area contributed by atoms with Crippen molar-refractivity contribution in [2.45, 2.75) is 43.8 Å². The summed E-state index contributed by atoms with van der Waals surface area (Å²) in [5.41, 5.74) is 5.58. The molecule has 0 spiro atoms. The first kappa shape index (κ1) is 11.4. The molecule has 0 saturated heterocycles. The zero-order valence-corrected chi connectivity index (χ0v) is 9.26. The quantitative estimate of drug-likeness (QED) is 0.709. The molecule has 1 aromatic rings. The van der Waals surface area contributed by atoms with E-state index >= 15 is 0 Å². The molecule has 1 fully saturated rings. The fraction of sp³-hybridized carbons (Fsp3) is 0.583. The molecule has 1 aliphatic carbocycles. The third-order valence-corrected chi connectivity index (χ3v) is 3.36. The molecule has 0 radical (unpaired) electrons. The number of nitrogens with two attached hydrogens (primary N) is 1. The van der Waals surface area contributed by atoms with Crippen molar-refractivity contribution in [1.82, 2.24) is 4.98 Å². The summed E-state index contributed by atoms with van der Waals surface area (Å²) in [6.45, 7) is 0. The highest BCUT2D eigenvalue weighted by atomic mass is 16.3. The molecule has 1 aliphatic rings. The molecular formula is C12H18N2O2. The Labute approximate surface area is 95.1 Å². The lowest BCUT2D eigenvalue weighted by Crippen LogP contribution is -2.40. The van der Waals surface area contributed by atoms with Crippen LogP contribution >= 0.6 is 0 Å².